The highest BCUT2D eigenvalue weighted by atomic mass is 35.5. The van der Waals surface area contributed by atoms with Crippen LogP contribution in [0.2, 0.25) is 5.02 Å². The molecule has 0 saturated carbocycles. The first-order valence-corrected chi connectivity index (χ1v) is 12.0. The zero-order valence-electron chi connectivity index (χ0n) is 18.4. The van der Waals surface area contributed by atoms with Crippen molar-refractivity contribution in [2.75, 3.05) is 24.5 Å². The number of thiophene rings is 1. The largest absolute Gasteiger partial charge is 0.365 e. The Kier molecular flexibility index (Phi) is 5.43. The van der Waals surface area contributed by atoms with Crippen LogP contribution in [-0.4, -0.2) is 46.3 Å². The summed E-state index contributed by atoms with van der Waals surface area (Å²) in [6, 6.07) is 18.5. The van der Waals surface area contributed by atoms with E-state index < -0.39 is 0 Å². The third kappa shape index (κ3) is 3.78. The van der Waals surface area contributed by atoms with Crippen LogP contribution in [0.25, 0.3) is 21.5 Å². The quantitative estimate of drug-likeness (QED) is 0.395. The maximum Gasteiger partial charge on any atom is 0.264 e. The second-order valence-corrected chi connectivity index (χ2v) is 9.90. The molecule has 5 rings (SSSR count). The lowest BCUT2D eigenvalue weighted by Gasteiger charge is -2.41. The highest BCUT2D eigenvalue weighted by Crippen LogP contribution is 2.35. The summed E-state index contributed by atoms with van der Waals surface area (Å²) in [5.41, 5.74) is 4.35. The zero-order chi connectivity index (χ0) is 22.4. The first kappa shape index (κ1) is 21.0. The van der Waals surface area contributed by atoms with Crippen LogP contribution in [0.15, 0.2) is 54.6 Å². The summed E-state index contributed by atoms with van der Waals surface area (Å²) in [7, 11) is 1.93. The topological polar surface area (TPSA) is 41.4 Å². The molecule has 0 bridgehead atoms. The van der Waals surface area contributed by atoms with Crippen LogP contribution in [0, 0.1) is 6.92 Å². The molecular weight excluding hydrogens is 440 g/mol. The van der Waals surface area contributed by atoms with E-state index in [1.807, 2.05) is 47.0 Å². The molecule has 0 radical (unpaired) electrons. The lowest BCUT2D eigenvalue weighted by atomic mass is 10.1. The van der Waals surface area contributed by atoms with Gasteiger partial charge in [-0.15, -0.1) is 11.3 Å². The van der Waals surface area contributed by atoms with Gasteiger partial charge < -0.3 is 9.80 Å². The molecule has 1 atom stereocenters. The lowest BCUT2D eigenvalue weighted by Crippen LogP contribution is -2.53. The number of nitrogens with zero attached hydrogens (tertiary/aromatic N) is 4. The van der Waals surface area contributed by atoms with Crippen molar-refractivity contribution in [3.05, 3.63) is 70.1 Å². The van der Waals surface area contributed by atoms with Crippen molar-refractivity contribution in [3.8, 4) is 11.3 Å². The maximum atomic E-state index is 13.4. The average Bonchev–Trinajstić information content (AvgIpc) is 3.35. The Morgan fingerprint density at radius 1 is 1.09 bits per heavy atom. The van der Waals surface area contributed by atoms with Crippen molar-refractivity contribution in [1.82, 2.24) is 14.7 Å². The molecule has 5 nitrogen and oxygen atoms in total. The number of aromatic nitrogens is 2. The number of hydrogen-bond acceptors (Lipinski definition) is 4. The molecule has 2 aromatic heterocycles. The minimum absolute atomic E-state index is 0.101. The van der Waals surface area contributed by atoms with Gasteiger partial charge in [0.1, 0.15) is 10.5 Å². The van der Waals surface area contributed by atoms with Crippen LogP contribution < -0.4 is 4.90 Å². The minimum Gasteiger partial charge on any atom is -0.365 e. The van der Waals surface area contributed by atoms with E-state index in [4.69, 9.17) is 11.6 Å². The highest BCUT2D eigenvalue weighted by Gasteiger charge is 2.29. The molecule has 1 unspecified atom stereocenters. The van der Waals surface area contributed by atoms with E-state index >= 15 is 0 Å². The molecule has 1 saturated heterocycles. The molecule has 1 aliphatic heterocycles. The lowest BCUT2D eigenvalue weighted by molar-refractivity contribution is 0.0731. The van der Waals surface area contributed by atoms with Crippen LogP contribution in [-0.2, 0) is 7.05 Å². The van der Waals surface area contributed by atoms with Crippen LogP contribution in [0.3, 0.4) is 0 Å². The Balaban J connectivity index is 1.38. The summed E-state index contributed by atoms with van der Waals surface area (Å²) in [6.45, 7) is 6.55. The SMILES string of the molecule is Cc1ccc(N2CCN(C(=O)c3cc4c(-c5ccc(Cl)cc5)nn(C)c4s3)CC2C)cc1. The van der Waals surface area contributed by atoms with Crippen LogP contribution in [0.1, 0.15) is 22.2 Å². The summed E-state index contributed by atoms with van der Waals surface area (Å²) in [4.78, 5) is 19.5. The summed E-state index contributed by atoms with van der Waals surface area (Å²) in [6.07, 6.45) is 0. The number of fused-ring (bicyclic) bond motifs is 1. The van der Waals surface area contributed by atoms with Gasteiger partial charge in [-0.1, -0.05) is 41.4 Å². The van der Waals surface area contributed by atoms with Crippen molar-refractivity contribution in [3.63, 3.8) is 0 Å². The Morgan fingerprint density at radius 2 is 1.81 bits per heavy atom. The Labute approximate surface area is 196 Å². The number of halogens is 1. The second-order valence-electron chi connectivity index (χ2n) is 8.44. The number of benzene rings is 2. The van der Waals surface area contributed by atoms with E-state index in [-0.39, 0.29) is 11.9 Å². The third-order valence-electron chi connectivity index (χ3n) is 6.12. The number of aryl methyl sites for hydroxylation is 2. The fourth-order valence-electron chi connectivity index (χ4n) is 4.38. The van der Waals surface area contributed by atoms with Crippen molar-refractivity contribution >= 4 is 44.7 Å². The number of hydrogen-bond donors (Lipinski definition) is 0. The van der Waals surface area contributed by atoms with Crippen LogP contribution >= 0.6 is 22.9 Å². The van der Waals surface area contributed by atoms with E-state index in [1.54, 1.807) is 0 Å². The van der Waals surface area contributed by atoms with Gasteiger partial charge in [-0.25, -0.2) is 0 Å². The molecule has 0 aliphatic carbocycles. The zero-order valence-corrected chi connectivity index (χ0v) is 20.0. The Bertz CT molecular complexity index is 1280. The van der Waals surface area contributed by atoms with Gasteiger partial charge in [0, 0.05) is 54.4 Å². The molecule has 164 valence electrons. The van der Waals surface area contributed by atoms with Gasteiger partial charge in [0.15, 0.2) is 0 Å². The highest BCUT2D eigenvalue weighted by molar-refractivity contribution is 7.20. The van der Waals surface area contributed by atoms with E-state index in [0.29, 0.717) is 18.1 Å². The molecule has 32 heavy (non-hydrogen) atoms. The number of amides is 1. The Hall–Kier alpha value is -2.83. The third-order valence-corrected chi connectivity index (χ3v) is 7.56. The monoisotopic (exact) mass is 464 g/mol. The molecule has 1 fully saturated rings. The standard InChI is InChI=1S/C25H25ClN4OS/c1-16-4-10-20(11-5-16)30-13-12-29(15-17(30)2)24(31)22-14-21-23(27-28(3)25(21)32-22)18-6-8-19(26)9-7-18/h4-11,14,17H,12-13,15H2,1-3H3. The molecule has 1 aliphatic rings. The minimum atomic E-state index is 0.101. The predicted octanol–water partition coefficient (Wildman–Crippen LogP) is 5.61. The Morgan fingerprint density at radius 3 is 2.50 bits per heavy atom. The van der Waals surface area contributed by atoms with Gasteiger partial charge in [0.05, 0.1) is 4.88 Å². The second kappa shape index (κ2) is 8.26. The van der Waals surface area contributed by atoms with Crippen LogP contribution in [0.5, 0.6) is 0 Å². The first-order chi connectivity index (χ1) is 15.4. The van der Waals surface area contributed by atoms with E-state index in [1.165, 1.54) is 22.6 Å². The summed E-state index contributed by atoms with van der Waals surface area (Å²) >= 11 is 7.56. The fourth-order valence-corrected chi connectivity index (χ4v) is 5.55. The fraction of sp³-hybridized carbons (Fsp3) is 0.280. The molecule has 2 aromatic carbocycles. The van der Waals surface area contributed by atoms with Crippen molar-refractivity contribution in [2.45, 2.75) is 19.9 Å². The van der Waals surface area contributed by atoms with Crippen LogP contribution in [0.4, 0.5) is 5.69 Å². The van der Waals surface area contributed by atoms with E-state index in [2.05, 4.69) is 48.1 Å². The van der Waals surface area contributed by atoms with Crippen molar-refractivity contribution in [2.24, 2.45) is 7.05 Å². The van der Waals surface area contributed by atoms with Gasteiger partial charge in [-0.2, -0.15) is 5.10 Å². The molecule has 1 amide bonds. The molecule has 4 aromatic rings. The summed E-state index contributed by atoms with van der Waals surface area (Å²) < 4.78 is 1.86. The number of carbonyl (C=O) groups excluding carboxylic acids is 1. The van der Waals surface area contributed by atoms with Crippen molar-refractivity contribution in [1.29, 1.82) is 0 Å². The predicted molar refractivity (Wildman–Crippen MR) is 133 cm³/mol. The number of piperazine rings is 1. The molecule has 7 heteroatoms. The average molecular weight is 465 g/mol. The van der Waals surface area contributed by atoms with Gasteiger partial charge >= 0.3 is 0 Å². The molecule has 0 spiro atoms. The number of carbonyl (C=O) groups is 1. The number of rotatable bonds is 3. The maximum absolute atomic E-state index is 13.4. The van der Waals surface area contributed by atoms with E-state index in [0.717, 1.165) is 32.9 Å². The van der Waals surface area contributed by atoms with Gasteiger partial charge in [0.25, 0.3) is 5.91 Å². The first-order valence-electron chi connectivity index (χ1n) is 10.8. The van der Waals surface area contributed by atoms with Gasteiger partial charge in [-0.3, -0.25) is 9.48 Å². The van der Waals surface area contributed by atoms with Gasteiger partial charge in [-0.05, 0) is 44.2 Å². The normalized spacial score (nSPS) is 16.7. The summed E-state index contributed by atoms with van der Waals surface area (Å²) in [5.74, 6) is 0.101. The molecular formula is C25H25ClN4OS. The van der Waals surface area contributed by atoms with Gasteiger partial charge in [0.2, 0.25) is 0 Å². The summed E-state index contributed by atoms with van der Waals surface area (Å²) in [5, 5.41) is 6.38. The number of anilines is 1. The molecule has 0 N–H and O–H groups in total. The van der Waals surface area contributed by atoms with Crippen molar-refractivity contribution < 1.29 is 4.79 Å². The van der Waals surface area contributed by atoms with E-state index in [9.17, 15) is 4.79 Å². The molecule has 3 heterocycles. The smallest absolute Gasteiger partial charge is 0.264 e.